The van der Waals surface area contributed by atoms with E-state index < -0.39 is 5.91 Å². The maximum atomic E-state index is 12.9. The Morgan fingerprint density at radius 3 is 2.62 bits per heavy atom. The first-order valence-corrected chi connectivity index (χ1v) is 8.41. The Morgan fingerprint density at radius 2 is 1.92 bits per heavy atom. The first-order chi connectivity index (χ1) is 12.5. The minimum atomic E-state index is -0.492. The zero-order chi connectivity index (χ0) is 18.5. The van der Waals surface area contributed by atoms with Crippen LogP contribution in [0.2, 0.25) is 0 Å². The zero-order valence-corrected chi connectivity index (χ0v) is 14.4. The number of carbonyl (C=O) groups is 2. The molecule has 1 aliphatic rings. The van der Waals surface area contributed by atoms with Gasteiger partial charge >= 0.3 is 0 Å². The van der Waals surface area contributed by atoms with Crippen LogP contribution >= 0.6 is 0 Å². The number of hydrogen-bond donors (Lipinski definition) is 2. The quantitative estimate of drug-likeness (QED) is 0.852. The number of piperazine rings is 1. The second-order valence-electron chi connectivity index (χ2n) is 6.17. The summed E-state index contributed by atoms with van der Waals surface area (Å²) >= 11 is 0. The molecule has 7 nitrogen and oxygen atoms in total. The smallest absolute Gasteiger partial charge is 0.275 e. The normalized spacial score (nSPS) is 17.0. The average molecular weight is 357 g/mol. The van der Waals surface area contributed by atoms with E-state index in [1.54, 1.807) is 17.0 Å². The third-order valence-electron chi connectivity index (χ3n) is 4.14. The van der Waals surface area contributed by atoms with E-state index in [1.807, 2.05) is 6.92 Å². The molecule has 26 heavy (non-hydrogen) atoms. The van der Waals surface area contributed by atoms with Gasteiger partial charge in [0, 0.05) is 44.6 Å². The molecule has 2 amide bonds. The minimum Gasteiger partial charge on any atom is -0.347 e. The molecule has 2 aromatic rings. The summed E-state index contributed by atoms with van der Waals surface area (Å²) in [6.07, 6.45) is 2.78. The Balaban J connectivity index is 1.72. The van der Waals surface area contributed by atoms with Crippen molar-refractivity contribution in [3.05, 3.63) is 59.4 Å². The Bertz CT molecular complexity index is 796. The van der Waals surface area contributed by atoms with Crippen molar-refractivity contribution in [1.29, 1.82) is 0 Å². The Labute approximate surface area is 150 Å². The van der Waals surface area contributed by atoms with Crippen LogP contribution in [0, 0.1) is 5.82 Å². The fourth-order valence-electron chi connectivity index (χ4n) is 2.80. The van der Waals surface area contributed by atoms with Crippen LogP contribution in [0.15, 0.2) is 36.7 Å². The van der Waals surface area contributed by atoms with E-state index in [1.165, 1.54) is 24.5 Å². The molecule has 3 rings (SSSR count). The molecule has 0 saturated carbocycles. The average Bonchev–Trinajstić information content (AvgIpc) is 2.67. The molecule has 1 aromatic heterocycles. The van der Waals surface area contributed by atoms with Crippen LogP contribution in [0.25, 0.3) is 0 Å². The lowest BCUT2D eigenvalue weighted by molar-refractivity contribution is 0.0696. The SMILES string of the molecule is CC1CN(C(=O)c2nccnc2C(=O)NCc2ccc(F)cc2)CCN1. The van der Waals surface area contributed by atoms with Gasteiger partial charge in [-0.15, -0.1) is 0 Å². The summed E-state index contributed by atoms with van der Waals surface area (Å²) in [4.78, 5) is 35.0. The van der Waals surface area contributed by atoms with Crippen LogP contribution in [0.1, 0.15) is 33.5 Å². The van der Waals surface area contributed by atoms with Crippen molar-refractivity contribution >= 4 is 11.8 Å². The van der Waals surface area contributed by atoms with Crippen LogP contribution in [-0.2, 0) is 6.54 Å². The number of rotatable bonds is 4. The van der Waals surface area contributed by atoms with Gasteiger partial charge in [-0.2, -0.15) is 0 Å². The third kappa shape index (κ3) is 4.20. The number of carbonyl (C=O) groups excluding carboxylic acids is 2. The molecule has 8 heteroatoms. The number of hydrogen-bond acceptors (Lipinski definition) is 5. The fraction of sp³-hybridized carbons (Fsp3) is 0.333. The van der Waals surface area contributed by atoms with E-state index in [0.717, 1.165) is 5.56 Å². The predicted octanol–water partition coefficient (Wildman–Crippen LogP) is 0.980. The summed E-state index contributed by atoms with van der Waals surface area (Å²) < 4.78 is 12.9. The van der Waals surface area contributed by atoms with Gasteiger partial charge < -0.3 is 15.5 Å². The molecule has 0 aliphatic carbocycles. The number of halogens is 1. The predicted molar refractivity (Wildman–Crippen MR) is 93.0 cm³/mol. The maximum Gasteiger partial charge on any atom is 0.275 e. The topological polar surface area (TPSA) is 87.2 Å². The van der Waals surface area contributed by atoms with Crippen molar-refractivity contribution in [3.63, 3.8) is 0 Å². The Hall–Kier alpha value is -2.87. The van der Waals surface area contributed by atoms with Crippen LogP contribution in [0.3, 0.4) is 0 Å². The van der Waals surface area contributed by atoms with Crippen molar-refractivity contribution in [2.75, 3.05) is 19.6 Å². The van der Waals surface area contributed by atoms with E-state index >= 15 is 0 Å². The lowest BCUT2D eigenvalue weighted by atomic mass is 10.2. The summed E-state index contributed by atoms with van der Waals surface area (Å²) in [5.41, 5.74) is 0.774. The summed E-state index contributed by atoms with van der Waals surface area (Å²) in [6, 6.07) is 6.00. The number of benzene rings is 1. The summed E-state index contributed by atoms with van der Waals surface area (Å²) in [5.74, 6) is -1.14. The van der Waals surface area contributed by atoms with Gasteiger partial charge in [0.15, 0.2) is 11.4 Å². The van der Waals surface area contributed by atoms with Crippen LogP contribution < -0.4 is 10.6 Å². The largest absolute Gasteiger partial charge is 0.347 e. The van der Waals surface area contributed by atoms with Gasteiger partial charge in [-0.05, 0) is 24.6 Å². The van der Waals surface area contributed by atoms with Crippen LogP contribution in [-0.4, -0.2) is 52.4 Å². The molecule has 1 saturated heterocycles. The molecule has 0 radical (unpaired) electrons. The first-order valence-electron chi connectivity index (χ1n) is 8.41. The molecule has 1 fully saturated rings. The van der Waals surface area contributed by atoms with Crippen LogP contribution in [0.4, 0.5) is 4.39 Å². The highest BCUT2D eigenvalue weighted by Crippen LogP contribution is 2.10. The van der Waals surface area contributed by atoms with Gasteiger partial charge in [-0.1, -0.05) is 12.1 Å². The molecule has 0 bridgehead atoms. The van der Waals surface area contributed by atoms with Gasteiger partial charge in [-0.25, -0.2) is 14.4 Å². The lowest BCUT2D eigenvalue weighted by Crippen LogP contribution is -2.51. The van der Waals surface area contributed by atoms with Crippen molar-refractivity contribution in [3.8, 4) is 0 Å². The highest BCUT2D eigenvalue weighted by atomic mass is 19.1. The number of nitrogens with zero attached hydrogens (tertiary/aromatic N) is 3. The molecule has 0 spiro atoms. The number of nitrogens with one attached hydrogen (secondary N) is 2. The summed E-state index contributed by atoms with van der Waals surface area (Å²) in [5, 5.41) is 5.96. The van der Waals surface area contributed by atoms with Crippen molar-refractivity contribution < 1.29 is 14.0 Å². The molecule has 1 aliphatic heterocycles. The van der Waals surface area contributed by atoms with E-state index in [-0.39, 0.29) is 35.7 Å². The first kappa shape index (κ1) is 17.9. The Kier molecular flexibility index (Phi) is 5.52. The number of amides is 2. The van der Waals surface area contributed by atoms with Crippen molar-refractivity contribution in [2.24, 2.45) is 0 Å². The second kappa shape index (κ2) is 8.01. The minimum absolute atomic E-state index is 0.00852. The zero-order valence-electron chi connectivity index (χ0n) is 14.4. The molecule has 2 N–H and O–H groups in total. The highest BCUT2D eigenvalue weighted by molar-refractivity contribution is 6.04. The lowest BCUT2D eigenvalue weighted by Gasteiger charge is -2.31. The van der Waals surface area contributed by atoms with E-state index in [0.29, 0.717) is 19.6 Å². The highest BCUT2D eigenvalue weighted by Gasteiger charge is 2.27. The van der Waals surface area contributed by atoms with E-state index in [2.05, 4.69) is 20.6 Å². The Morgan fingerprint density at radius 1 is 1.23 bits per heavy atom. The fourth-order valence-corrected chi connectivity index (χ4v) is 2.80. The van der Waals surface area contributed by atoms with Crippen molar-refractivity contribution in [2.45, 2.75) is 19.5 Å². The van der Waals surface area contributed by atoms with Gasteiger partial charge in [0.1, 0.15) is 5.82 Å². The molecular weight excluding hydrogens is 337 g/mol. The standard InChI is InChI=1S/C18H20FN5O2/c1-12-11-24(9-8-20-12)18(26)16-15(21-6-7-22-16)17(25)23-10-13-2-4-14(19)5-3-13/h2-7,12,20H,8-11H2,1H3,(H,23,25). The summed E-state index contributed by atoms with van der Waals surface area (Å²) in [7, 11) is 0. The molecule has 1 aromatic carbocycles. The molecular formula is C18H20FN5O2. The van der Waals surface area contributed by atoms with Gasteiger partial charge in [0.2, 0.25) is 0 Å². The third-order valence-corrected chi connectivity index (χ3v) is 4.14. The van der Waals surface area contributed by atoms with E-state index in [9.17, 15) is 14.0 Å². The van der Waals surface area contributed by atoms with Gasteiger partial charge in [0.25, 0.3) is 11.8 Å². The van der Waals surface area contributed by atoms with Crippen LogP contribution in [0.5, 0.6) is 0 Å². The molecule has 136 valence electrons. The van der Waals surface area contributed by atoms with Crippen molar-refractivity contribution in [1.82, 2.24) is 25.5 Å². The molecule has 1 unspecified atom stereocenters. The second-order valence-corrected chi connectivity index (χ2v) is 6.17. The summed E-state index contributed by atoms with van der Waals surface area (Å²) in [6.45, 7) is 3.99. The molecule has 2 heterocycles. The maximum absolute atomic E-state index is 12.9. The van der Waals surface area contributed by atoms with Gasteiger partial charge in [-0.3, -0.25) is 9.59 Å². The van der Waals surface area contributed by atoms with E-state index in [4.69, 9.17) is 0 Å². The monoisotopic (exact) mass is 357 g/mol. The van der Waals surface area contributed by atoms with Gasteiger partial charge in [0.05, 0.1) is 0 Å². The molecule has 1 atom stereocenters. The number of aromatic nitrogens is 2.